The summed E-state index contributed by atoms with van der Waals surface area (Å²) in [4.78, 5) is 14.0. The zero-order valence-electron chi connectivity index (χ0n) is 11.8. The van der Waals surface area contributed by atoms with Crippen LogP contribution in [0.2, 0.25) is 0 Å². The van der Waals surface area contributed by atoms with Crippen molar-refractivity contribution in [3.8, 4) is 0 Å². The van der Waals surface area contributed by atoms with Gasteiger partial charge in [-0.15, -0.1) is 0 Å². The van der Waals surface area contributed by atoms with Crippen molar-refractivity contribution < 1.29 is 14.6 Å². The normalized spacial score (nSPS) is 15.4. The summed E-state index contributed by atoms with van der Waals surface area (Å²) in [6.07, 6.45) is 4.43. The van der Waals surface area contributed by atoms with E-state index in [-0.39, 0.29) is 25.2 Å². The number of carbonyl (C=O) groups excluding carboxylic acids is 1. The average molecular weight is 277 g/mol. The first kappa shape index (κ1) is 15.0. The number of aliphatic hydroxyl groups is 1. The van der Waals surface area contributed by atoms with Crippen LogP contribution in [0.4, 0.5) is 0 Å². The molecular weight excluding hydrogens is 254 g/mol. The molecule has 1 aliphatic carbocycles. The molecule has 0 aliphatic heterocycles. The maximum atomic E-state index is 12.2. The Labute approximate surface area is 120 Å². The smallest absolute Gasteiger partial charge is 0.248 e. The monoisotopic (exact) mass is 277 g/mol. The third-order valence-electron chi connectivity index (χ3n) is 3.76. The predicted octanol–water partition coefficient (Wildman–Crippen LogP) is 1.97. The van der Waals surface area contributed by atoms with Crippen LogP contribution in [0.5, 0.6) is 0 Å². The molecule has 1 N–H and O–H groups in total. The van der Waals surface area contributed by atoms with Crippen molar-refractivity contribution in [2.24, 2.45) is 0 Å². The summed E-state index contributed by atoms with van der Waals surface area (Å²) in [6.45, 7) is 0.967. The molecule has 4 nitrogen and oxygen atoms in total. The quantitative estimate of drug-likeness (QED) is 0.829. The van der Waals surface area contributed by atoms with Crippen molar-refractivity contribution in [1.29, 1.82) is 0 Å². The number of amides is 1. The second-order valence-corrected chi connectivity index (χ2v) is 5.23. The summed E-state index contributed by atoms with van der Waals surface area (Å²) >= 11 is 0. The first-order chi connectivity index (χ1) is 9.81. The van der Waals surface area contributed by atoms with Crippen LogP contribution in [-0.4, -0.2) is 41.7 Å². The predicted molar refractivity (Wildman–Crippen MR) is 77.2 cm³/mol. The van der Waals surface area contributed by atoms with Crippen molar-refractivity contribution in [2.45, 2.75) is 38.3 Å². The number of ether oxygens (including phenoxy) is 1. The second-order valence-electron chi connectivity index (χ2n) is 5.23. The molecule has 0 aromatic heterocycles. The van der Waals surface area contributed by atoms with E-state index >= 15 is 0 Å². The molecule has 0 heterocycles. The summed E-state index contributed by atoms with van der Waals surface area (Å²) < 4.78 is 5.50. The standard InChI is InChI=1S/C16H23NO3/c18-11-10-17(15-8-4-5-9-15)16(19)13-20-12-14-6-2-1-3-7-14/h1-3,6-7,15,18H,4-5,8-13H2. The fraction of sp³-hybridized carbons (Fsp3) is 0.562. The summed E-state index contributed by atoms with van der Waals surface area (Å²) in [6, 6.07) is 10.1. The van der Waals surface area contributed by atoms with Gasteiger partial charge < -0.3 is 14.7 Å². The largest absolute Gasteiger partial charge is 0.395 e. The molecule has 20 heavy (non-hydrogen) atoms. The third kappa shape index (κ3) is 4.32. The van der Waals surface area contributed by atoms with Crippen molar-refractivity contribution >= 4 is 5.91 Å². The van der Waals surface area contributed by atoms with Gasteiger partial charge >= 0.3 is 0 Å². The molecule has 1 aromatic carbocycles. The van der Waals surface area contributed by atoms with Crippen LogP contribution >= 0.6 is 0 Å². The van der Waals surface area contributed by atoms with E-state index in [1.807, 2.05) is 30.3 Å². The molecule has 1 amide bonds. The first-order valence-corrected chi connectivity index (χ1v) is 7.33. The van der Waals surface area contributed by atoms with E-state index in [0.29, 0.717) is 13.2 Å². The number of benzene rings is 1. The Bertz CT molecular complexity index is 401. The topological polar surface area (TPSA) is 49.8 Å². The molecular formula is C16H23NO3. The molecule has 1 aliphatic rings. The molecule has 1 fully saturated rings. The van der Waals surface area contributed by atoms with Crippen molar-refractivity contribution in [3.63, 3.8) is 0 Å². The van der Waals surface area contributed by atoms with Gasteiger partial charge in [0.15, 0.2) is 0 Å². The summed E-state index contributed by atoms with van der Waals surface area (Å²) in [5.74, 6) is -0.0121. The summed E-state index contributed by atoms with van der Waals surface area (Å²) in [5.41, 5.74) is 1.06. The fourth-order valence-electron chi connectivity index (χ4n) is 2.75. The molecule has 4 heteroatoms. The van der Waals surface area contributed by atoms with Crippen LogP contribution < -0.4 is 0 Å². The van der Waals surface area contributed by atoms with Gasteiger partial charge in [-0.05, 0) is 18.4 Å². The van der Waals surface area contributed by atoms with Crippen LogP contribution in [-0.2, 0) is 16.1 Å². The van der Waals surface area contributed by atoms with Crippen LogP contribution in [0.1, 0.15) is 31.2 Å². The van der Waals surface area contributed by atoms with Gasteiger partial charge in [-0.25, -0.2) is 0 Å². The third-order valence-corrected chi connectivity index (χ3v) is 3.76. The number of carbonyl (C=O) groups is 1. The summed E-state index contributed by atoms with van der Waals surface area (Å²) in [7, 11) is 0. The SMILES string of the molecule is O=C(COCc1ccccc1)N(CCO)C1CCCC1. The number of rotatable bonds is 7. The minimum atomic E-state index is -0.0121. The lowest BCUT2D eigenvalue weighted by Crippen LogP contribution is -2.42. The van der Waals surface area contributed by atoms with Crippen molar-refractivity contribution in [3.05, 3.63) is 35.9 Å². The molecule has 0 unspecified atom stereocenters. The minimum Gasteiger partial charge on any atom is -0.395 e. The zero-order valence-corrected chi connectivity index (χ0v) is 11.8. The Hall–Kier alpha value is -1.39. The molecule has 1 saturated carbocycles. The van der Waals surface area contributed by atoms with Gasteiger partial charge in [0.25, 0.3) is 0 Å². The highest BCUT2D eigenvalue weighted by Gasteiger charge is 2.25. The Morgan fingerprint density at radius 1 is 1.25 bits per heavy atom. The lowest BCUT2D eigenvalue weighted by atomic mass is 10.2. The Morgan fingerprint density at radius 2 is 1.95 bits per heavy atom. The van der Waals surface area contributed by atoms with Gasteiger partial charge in [0, 0.05) is 12.6 Å². The highest BCUT2D eigenvalue weighted by Crippen LogP contribution is 2.23. The van der Waals surface area contributed by atoms with E-state index in [4.69, 9.17) is 9.84 Å². The Balaban J connectivity index is 1.79. The molecule has 110 valence electrons. The van der Waals surface area contributed by atoms with Crippen LogP contribution in [0.3, 0.4) is 0 Å². The molecule has 0 radical (unpaired) electrons. The second kappa shape index (κ2) is 8.02. The van der Waals surface area contributed by atoms with E-state index in [0.717, 1.165) is 18.4 Å². The molecule has 2 rings (SSSR count). The zero-order chi connectivity index (χ0) is 14.2. The average Bonchev–Trinajstić information content (AvgIpc) is 2.99. The van der Waals surface area contributed by atoms with Gasteiger partial charge in [0.05, 0.1) is 13.2 Å². The molecule has 1 aromatic rings. The number of aliphatic hydroxyl groups excluding tert-OH is 1. The van der Waals surface area contributed by atoms with E-state index in [9.17, 15) is 4.79 Å². The van der Waals surface area contributed by atoms with E-state index in [1.165, 1.54) is 12.8 Å². The minimum absolute atomic E-state index is 0.0121. The molecule has 0 atom stereocenters. The van der Waals surface area contributed by atoms with Crippen LogP contribution in [0, 0.1) is 0 Å². The van der Waals surface area contributed by atoms with E-state index in [2.05, 4.69) is 0 Å². The molecule has 0 saturated heterocycles. The first-order valence-electron chi connectivity index (χ1n) is 7.33. The lowest BCUT2D eigenvalue weighted by Gasteiger charge is -2.28. The summed E-state index contributed by atoms with van der Waals surface area (Å²) in [5, 5.41) is 9.11. The highest BCUT2D eigenvalue weighted by atomic mass is 16.5. The Morgan fingerprint density at radius 3 is 2.60 bits per heavy atom. The van der Waals surface area contributed by atoms with Crippen LogP contribution in [0.15, 0.2) is 30.3 Å². The van der Waals surface area contributed by atoms with E-state index < -0.39 is 0 Å². The lowest BCUT2D eigenvalue weighted by molar-refractivity contribution is -0.139. The van der Waals surface area contributed by atoms with Gasteiger partial charge in [-0.2, -0.15) is 0 Å². The Kier molecular flexibility index (Phi) is 6.02. The maximum Gasteiger partial charge on any atom is 0.248 e. The van der Waals surface area contributed by atoms with Crippen LogP contribution in [0.25, 0.3) is 0 Å². The highest BCUT2D eigenvalue weighted by molar-refractivity contribution is 5.77. The molecule has 0 spiro atoms. The molecule has 0 bridgehead atoms. The van der Waals surface area contributed by atoms with Crippen molar-refractivity contribution in [1.82, 2.24) is 4.90 Å². The number of nitrogens with zero attached hydrogens (tertiary/aromatic N) is 1. The number of hydrogen-bond acceptors (Lipinski definition) is 3. The van der Waals surface area contributed by atoms with Gasteiger partial charge in [-0.1, -0.05) is 43.2 Å². The maximum absolute atomic E-state index is 12.2. The van der Waals surface area contributed by atoms with Gasteiger partial charge in [0.2, 0.25) is 5.91 Å². The van der Waals surface area contributed by atoms with Gasteiger partial charge in [0.1, 0.15) is 6.61 Å². The van der Waals surface area contributed by atoms with Crippen molar-refractivity contribution in [2.75, 3.05) is 19.8 Å². The van der Waals surface area contributed by atoms with Gasteiger partial charge in [-0.3, -0.25) is 4.79 Å². The fourth-order valence-corrected chi connectivity index (χ4v) is 2.75. The van der Waals surface area contributed by atoms with E-state index in [1.54, 1.807) is 4.90 Å². The number of hydrogen-bond donors (Lipinski definition) is 1.